The molecule has 1 N–H and O–H groups in total. The van der Waals surface area contributed by atoms with Gasteiger partial charge < -0.3 is 10.1 Å². The first kappa shape index (κ1) is 21.6. The third-order valence-corrected chi connectivity index (χ3v) is 5.23. The van der Waals surface area contributed by atoms with Gasteiger partial charge in [-0.1, -0.05) is 29.8 Å². The van der Waals surface area contributed by atoms with Crippen LogP contribution in [0.1, 0.15) is 38.8 Å². The average molecular weight is 433 g/mol. The highest BCUT2D eigenvalue weighted by Crippen LogP contribution is 2.37. The summed E-state index contributed by atoms with van der Waals surface area (Å²) in [6.45, 7) is 3.78. The van der Waals surface area contributed by atoms with Crippen LogP contribution in [0.15, 0.2) is 53.9 Å². The van der Waals surface area contributed by atoms with Crippen molar-refractivity contribution in [2.24, 2.45) is 0 Å². The molecule has 0 fully saturated rings. The summed E-state index contributed by atoms with van der Waals surface area (Å²) in [7, 11) is 0. The van der Waals surface area contributed by atoms with Gasteiger partial charge in [-0.25, -0.2) is 4.79 Å². The predicted molar refractivity (Wildman–Crippen MR) is 110 cm³/mol. The molecule has 0 saturated heterocycles. The van der Waals surface area contributed by atoms with Crippen molar-refractivity contribution in [2.75, 3.05) is 11.9 Å². The first-order valence-corrected chi connectivity index (χ1v) is 9.93. The van der Waals surface area contributed by atoms with Crippen molar-refractivity contribution in [3.8, 4) is 11.1 Å². The lowest BCUT2D eigenvalue weighted by Gasteiger charge is -2.10. The molecule has 1 amide bonds. The number of carbonyl (C=O) groups is 2. The van der Waals surface area contributed by atoms with Crippen LogP contribution in [0.4, 0.5) is 18.2 Å². The molecule has 30 heavy (non-hydrogen) atoms. The highest BCUT2D eigenvalue weighted by Gasteiger charge is 2.30. The maximum atomic E-state index is 12.7. The molecule has 4 nitrogen and oxygen atoms in total. The number of nitrogens with one attached hydrogen (secondary N) is 1. The Morgan fingerprint density at radius 1 is 1.03 bits per heavy atom. The standard InChI is InChI=1S/C22H18F3NO3S/c1-3-29-21(28)18-17(14-6-4-13(2)5-7-14)12-30-20(18)26-19(27)15-8-10-16(11-9-15)22(23,24)25/h4-12H,3H2,1-2H3,(H,26,27). The molecule has 0 atom stereocenters. The van der Waals surface area contributed by atoms with E-state index in [0.717, 1.165) is 46.7 Å². The fourth-order valence-corrected chi connectivity index (χ4v) is 3.74. The molecule has 0 bridgehead atoms. The van der Waals surface area contributed by atoms with Gasteiger partial charge in [0.2, 0.25) is 0 Å². The molecule has 0 saturated carbocycles. The minimum absolute atomic E-state index is 0.0445. The number of alkyl halides is 3. The van der Waals surface area contributed by atoms with E-state index >= 15 is 0 Å². The van der Waals surface area contributed by atoms with Crippen LogP contribution in [-0.2, 0) is 10.9 Å². The molecule has 2 aromatic carbocycles. The Morgan fingerprint density at radius 3 is 2.23 bits per heavy atom. The van der Waals surface area contributed by atoms with Gasteiger partial charge in [0, 0.05) is 16.5 Å². The third-order valence-electron chi connectivity index (χ3n) is 4.33. The summed E-state index contributed by atoms with van der Waals surface area (Å²) in [5, 5.41) is 4.63. The molecule has 3 aromatic rings. The SMILES string of the molecule is CCOC(=O)c1c(-c2ccc(C)cc2)csc1NC(=O)c1ccc(C(F)(F)F)cc1. The summed E-state index contributed by atoms with van der Waals surface area (Å²) in [4.78, 5) is 25.1. The summed E-state index contributed by atoms with van der Waals surface area (Å²) in [5.74, 6) is -1.20. The van der Waals surface area contributed by atoms with E-state index in [1.165, 1.54) is 0 Å². The van der Waals surface area contributed by atoms with E-state index in [1.807, 2.05) is 31.2 Å². The Labute approximate surface area is 175 Å². The predicted octanol–water partition coefficient (Wildman–Crippen LogP) is 6.17. The van der Waals surface area contributed by atoms with E-state index < -0.39 is 23.6 Å². The van der Waals surface area contributed by atoms with Gasteiger partial charge in [-0.15, -0.1) is 11.3 Å². The summed E-state index contributed by atoms with van der Waals surface area (Å²) < 4.78 is 43.3. The average Bonchev–Trinajstić information content (AvgIpc) is 3.11. The zero-order valence-electron chi connectivity index (χ0n) is 16.2. The number of aryl methyl sites for hydroxylation is 1. The number of thiophene rings is 1. The normalized spacial score (nSPS) is 11.2. The number of amides is 1. The molecule has 0 radical (unpaired) electrons. The van der Waals surface area contributed by atoms with Crippen molar-refractivity contribution in [1.29, 1.82) is 0 Å². The monoisotopic (exact) mass is 433 g/mol. The van der Waals surface area contributed by atoms with Crippen molar-refractivity contribution in [3.63, 3.8) is 0 Å². The molecule has 0 aliphatic carbocycles. The van der Waals surface area contributed by atoms with E-state index in [9.17, 15) is 22.8 Å². The minimum Gasteiger partial charge on any atom is -0.462 e. The number of halogens is 3. The summed E-state index contributed by atoms with van der Waals surface area (Å²) in [6, 6.07) is 11.4. The van der Waals surface area contributed by atoms with Gasteiger partial charge in [-0.2, -0.15) is 13.2 Å². The van der Waals surface area contributed by atoms with Crippen molar-refractivity contribution >= 4 is 28.2 Å². The van der Waals surface area contributed by atoms with Crippen molar-refractivity contribution in [1.82, 2.24) is 0 Å². The molecule has 0 aliphatic heterocycles. The number of anilines is 1. The number of ether oxygens (including phenoxy) is 1. The number of carbonyl (C=O) groups excluding carboxylic acids is 2. The van der Waals surface area contributed by atoms with Crippen LogP contribution in [0.25, 0.3) is 11.1 Å². The van der Waals surface area contributed by atoms with Gasteiger partial charge in [0.1, 0.15) is 10.6 Å². The maximum absolute atomic E-state index is 12.7. The Bertz CT molecular complexity index is 1050. The Morgan fingerprint density at radius 2 is 1.67 bits per heavy atom. The highest BCUT2D eigenvalue weighted by atomic mass is 32.1. The number of hydrogen-bond donors (Lipinski definition) is 1. The molecule has 3 rings (SSSR count). The quantitative estimate of drug-likeness (QED) is 0.490. The molecular formula is C22H18F3NO3S. The van der Waals surface area contributed by atoms with Crippen LogP contribution >= 0.6 is 11.3 Å². The van der Waals surface area contributed by atoms with E-state index in [2.05, 4.69) is 5.32 Å². The molecular weight excluding hydrogens is 415 g/mol. The molecule has 1 heterocycles. The molecule has 1 aromatic heterocycles. The topological polar surface area (TPSA) is 55.4 Å². The Hall–Kier alpha value is -3.13. The third kappa shape index (κ3) is 4.71. The highest BCUT2D eigenvalue weighted by molar-refractivity contribution is 7.15. The van der Waals surface area contributed by atoms with Crippen LogP contribution in [0, 0.1) is 6.92 Å². The molecule has 0 spiro atoms. The second kappa shape index (κ2) is 8.71. The van der Waals surface area contributed by atoms with Gasteiger partial charge >= 0.3 is 12.1 Å². The molecule has 0 aliphatic rings. The fraction of sp³-hybridized carbons (Fsp3) is 0.182. The second-order valence-electron chi connectivity index (χ2n) is 6.47. The zero-order valence-corrected chi connectivity index (χ0v) is 17.0. The maximum Gasteiger partial charge on any atom is 0.416 e. The lowest BCUT2D eigenvalue weighted by Crippen LogP contribution is -2.15. The largest absolute Gasteiger partial charge is 0.462 e. The fourth-order valence-electron chi connectivity index (χ4n) is 2.79. The van der Waals surface area contributed by atoms with Crippen molar-refractivity contribution in [3.05, 3.63) is 76.2 Å². The van der Waals surface area contributed by atoms with Crippen LogP contribution in [0.2, 0.25) is 0 Å². The Balaban J connectivity index is 1.92. The minimum atomic E-state index is -4.48. The lowest BCUT2D eigenvalue weighted by molar-refractivity contribution is -0.137. The number of rotatable bonds is 5. The van der Waals surface area contributed by atoms with Crippen molar-refractivity contribution < 1.29 is 27.5 Å². The van der Waals surface area contributed by atoms with E-state index in [-0.39, 0.29) is 22.7 Å². The lowest BCUT2D eigenvalue weighted by atomic mass is 10.0. The molecule has 0 unspecified atom stereocenters. The van der Waals surface area contributed by atoms with Crippen molar-refractivity contribution in [2.45, 2.75) is 20.0 Å². The van der Waals surface area contributed by atoms with Gasteiger partial charge in [-0.05, 0) is 43.7 Å². The van der Waals surface area contributed by atoms with Gasteiger partial charge in [0.05, 0.1) is 12.2 Å². The first-order valence-electron chi connectivity index (χ1n) is 9.05. The van der Waals surface area contributed by atoms with E-state index in [0.29, 0.717) is 5.56 Å². The summed E-state index contributed by atoms with van der Waals surface area (Å²) in [5.41, 5.74) is 1.87. The van der Waals surface area contributed by atoms with E-state index in [4.69, 9.17) is 4.74 Å². The summed E-state index contributed by atoms with van der Waals surface area (Å²) in [6.07, 6.45) is -4.48. The number of benzene rings is 2. The van der Waals surface area contributed by atoms with Crippen LogP contribution in [0.3, 0.4) is 0 Å². The smallest absolute Gasteiger partial charge is 0.416 e. The zero-order chi connectivity index (χ0) is 21.9. The van der Waals surface area contributed by atoms with Gasteiger partial charge in [0.25, 0.3) is 5.91 Å². The molecule has 8 heteroatoms. The van der Waals surface area contributed by atoms with Crippen LogP contribution in [-0.4, -0.2) is 18.5 Å². The Kier molecular flexibility index (Phi) is 6.26. The number of hydrogen-bond acceptors (Lipinski definition) is 4. The summed E-state index contributed by atoms with van der Waals surface area (Å²) >= 11 is 1.15. The van der Waals surface area contributed by atoms with Gasteiger partial charge in [-0.3, -0.25) is 4.79 Å². The first-order chi connectivity index (χ1) is 14.2. The van der Waals surface area contributed by atoms with Gasteiger partial charge in [0.15, 0.2) is 0 Å². The van der Waals surface area contributed by atoms with Crippen LogP contribution < -0.4 is 5.32 Å². The number of esters is 1. The van der Waals surface area contributed by atoms with E-state index in [1.54, 1.807) is 12.3 Å². The second-order valence-corrected chi connectivity index (χ2v) is 7.35. The molecule has 156 valence electrons. The van der Waals surface area contributed by atoms with Crippen LogP contribution in [0.5, 0.6) is 0 Å².